The molecule has 1 atom stereocenters. The second-order valence-corrected chi connectivity index (χ2v) is 5.04. The highest BCUT2D eigenvalue weighted by atomic mass is 16.4. The van der Waals surface area contributed by atoms with Crippen LogP contribution >= 0.6 is 0 Å². The number of nitrogens with two attached hydrogens (primary N) is 1. The first kappa shape index (κ1) is 16.7. The lowest BCUT2D eigenvalue weighted by Crippen LogP contribution is -2.47. The monoisotopic (exact) mass is 298 g/mol. The minimum absolute atomic E-state index is 0.0835. The van der Waals surface area contributed by atoms with Gasteiger partial charge in [0.15, 0.2) is 0 Å². The molecule has 1 amide bonds. The van der Waals surface area contributed by atoms with E-state index in [1.807, 2.05) is 6.92 Å². The molecule has 0 spiro atoms. The number of carbonyl (C=O) groups is 2. The van der Waals surface area contributed by atoms with Crippen LogP contribution in [0.2, 0.25) is 0 Å². The predicted octanol–water partition coefficient (Wildman–Crippen LogP) is 0.291. The molecule has 0 fully saturated rings. The van der Waals surface area contributed by atoms with Crippen molar-refractivity contribution in [3.8, 4) is 5.75 Å². The van der Waals surface area contributed by atoms with Gasteiger partial charge in [-0.3, -0.25) is 9.59 Å². The van der Waals surface area contributed by atoms with E-state index in [-0.39, 0.29) is 6.54 Å². The first-order valence-corrected chi connectivity index (χ1v) is 6.35. The van der Waals surface area contributed by atoms with Gasteiger partial charge >= 0.3 is 5.97 Å². The second-order valence-electron chi connectivity index (χ2n) is 5.04. The summed E-state index contributed by atoms with van der Waals surface area (Å²) in [6.45, 7) is 3.76. The Morgan fingerprint density at radius 1 is 1.48 bits per heavy atom. The zero-order chi connectivity index (χ0) is 16.2. The number of hydrogen-bond acceptors (Lipinski definition) is 6. The van der Waals surface area contributed by atoms with Gasteiger partial charge in [-0.15, -0.1) is 0 Å². The van der Waals surface area contributed by atoms with Gasteiger partial charge in [-0.05, 0) is 13.3 Å². The Bertz CT molecular complexity index is 605. The SMILES string of the molecule is CCCC(C)(N)CNC(=O)c1oc(C(=O)O)cc(=O)c1O. The van der Waals surface area contributed by atoms with Gasteiger partial charge in [0.05, 0.1) is 0 Å². The van der Waals surface area contributed by atoms with Crippen molar-refractivity contribution in [3.05, 3.63) is 27.8 Å². The summed E-state index contributed by atoms with van der Waals surface area (Å²) >= 11 is 0. The molecular formula is C13H18N2O6. The Labute approximate surface area is 120 Å². The van der Waals surface area contributed by atoms with E-state index in [0.717, 1.165) is 6.42 Å². The quantitative estimate of drug-likeness (QED) is 0.591. The molecule has 0 aliphatic carbocycles. The van der Waals surface area contributed by atoms with Crippen molar-refractivity contribution >= 4 is 11.9 Å². The number of amides is 1. The minimum Gasteiger partial charge on any atom is -0.501 e. The van der Waals surface area contributed by atoms with Gasteiger partial charge in [0.1, 0.15) is 0 Å². The fraction of sp³-hybridized carbons (Fsp3) is 0.462. The summed E-state index contributed by atoms with van der Waals surface area (Å²) in [6.07, 6.45) is 1.47. The van der Waals surface area contributed by atoms with Crippen molar-refractivity contribution in [2.75, 3.05) is 6.54 Å². The fourth-order valence-electron chi connectivity index (χ4n) is 1.77. The van der Waals surface area contributed by atoms with Crippen LogP contribution in [0.5, 0.6) is 5.75 Å². The molecule has 5 N–H and O–H groups in total. The smallest absolute Gasteiger partial charge is 0.371 e. The zero-order valence-electron chi connectivity index (χ0n) is 11.8. The molecule has 0 bridgehead atoms. The van der Waals surface area contributed by atoms with E-state index >= 15 is 0 Å². The van der Waals surface area contributed by atoms with Crippen LogP contribution < -0.4 is 16.5 Å². The van der Waals surface area contributed by atoms with Gasteiger partial charge in [-0.1, -0.05) is 13.3 Å². The molecule has 0 aliphatic rings. The first-order chi connectivity index (χ1) is 9.68. The Hall–Kier alpha value is -2.35. The Balaban J connectivity index is 2.97. The standard InChI is InChI=1S/C13H18N2O6/c1-3-4-13(2,14)6-15-11(18)10-9(17)7(16)5-8(21-10)12(19)20/h5,17H,3-4,6,14H2,1-2H3,(H,15,18)(H,19,20). The van der Waals surface area contributed by atoms with Gasteiger partial charge in [0, 0.05) is 18.2 Å². The van der Waals surface area contributed by atoms with E-state index in [1.165, 1.54) is 0 Å². The molecule has 0 radical (unpaired) electrons. The predicted molar refractivity (Wildman–Crippen MR) is 73.4 cm³/mol. The second kappa shape index (κ2) is 6.40. The molecule has 116 valence electrons. The number of carboxylic acids is 1. The molecule has 0 saturated carbocycles. The summed E-state index contributed by atoms with van der Waals surface area (Å²) in [7, 11) is 0. The van der Waals surface area contributed by atoms with Crippen LogP contribution in [0.1, 0.15) is 47.8 Å². The summed E-state index contributed by atoms with van der Waals surface area (Å²) in [4.78, 5) is 34.1. The molecule has 1 aromatic heterocycles. The van der Waals surface area contributed by atoms with Gasteiger partial charge in [0.25, 0.3) is 5.91 Å². The van der Waals surface area contributed by atoms with E-state index < -0.39 is 40.1 Å². The maximum atomic E-state index is 11.9. The lowest BCUT2D eigenvalue weighted by molar-refractivity contribution is 0.0654. The van der Waals surface area contributed by atoms with Gasteiger partial charge in [0.2, 0.25) is 22.7 Å². The van der Waals surface area contributed by atoms with Crippen molar-refractivity contribution in [2.24, 2.45) is 5.73 Å². The fourth-order valence-corrected chi connectivity index (χ4v) is 1.77. The number of carboxylic acid groups (broad SMARTS) is 1. The van der Waals surface area contributed by atoms with E-state index in [9.17, 15) is 19.5 Å². The average Bonchev–Trinajstić information content (AvgIpc) is 2.38. The Morgan fingerprint density at radius 3 is 2.62 bits per heavy atom. The Morgan fingerprint density at radius 2 is 2.10 bits per heavy atom. The maximum Gasteiger partial charge on any atom is 0.371 e. The van der Waals surface area contributed by atoms with Crippen molar-refractivity contribution < 1.29 is 24.2 Å². The van der Waals surface area contributed by atoms with E-state index in [1.54, 1.807) is 6.92 Å². The minimum atomic E-state index is -1.52. The van der Waals surface area contributed by atoms with Gasteiger partial charge < -0.3 is 25.7 Å². The van der Waals surface area contributed by atoms with Crippen molar-refractivity contribution in [3.63, 3.8) is 0 Å². The van der Waals surface area contributed by atoms with Crippen LogP contribution in [-0.4, -0.2) is 34.2 Å². The van der Waals surface area contributed by atoms with Crippen LogP contribution in [0, 0.1) is 0 Å². The molecule has 21 heavy (non-hydrogen) atoms. The molecule has 0 aliphatic heterocycles. The number of nitrogens with one attached hydrogen (secondary N) is 1. The number of carbonyl (C=O) groups excluding carboxylic acids is 1. The largest absolute Gasteiger partial charge is 0.501 e. The summed E-state index contributed by atoms with van der Waals surface area (Å²) in [6, 6.07) is 0.596. The number of rotatable bonds is 6. The maximum absolute atomic E-state index is 11.9. The number of aromatic hydroxyl groups is 1. The lowest BCUT2D eigenvalue weighted by Gasteiger charge is -2.24. The molecular weight excluding hydrogens is 280 g/mol. The highest BCUT2D eigenvalue weighted by molar-refractivity contribution is 5.95. The van der Waals surface area contributed by atoms with Gasteiger partial charge in [-0.25, -0.2) is 4.79 Å². The van der Waals surface area contributed by atoms with Crippen LogP contribution in [0.25, 0.3) is 0 Å². The lowest BCUT2D eigenvalue weighted by atomic mass is 9.98. The summed E-state index contributed by atoms with van der Waals surface area (Å²) in [5, 5.41) is 20.7. The highest BCUT2D eigenvalue weighted by Gasteiger charge is 2.24. The van der Waals surface area contributed by atoms with Crippen molar-refractivity contribution in [1.82, 2.24) is 5.32 Å². The highest BCUT2D eigenvalue weighted by Crippen LogP contribution is 2.14. The summed E-state index contributed by atoms with van der Waals surface area (Å²) < 4.78 is 4.74. The van der Waals surface area contributed by atoms with Gasteiger partial charge in [-0.2, -0.15) is 0 Å². The molecule has 1 unspecified atom stereocenters. The third-order valence-corrected chi connectivity index (χ3v) is 2.81. The first-order valence-electron chi connectivity index (χ1n) is 6.35. The van der Waals surface area contributed by atoms with Crippen molar-refractivity contribution in [1.29, 1.82) is 0 Å². The summed E-state index contributed by atoms with van der Waals surface area (Å²) in [5.74, 6) is -4.83. The third kappa shape index (κ3) is 4.32. The normalized spacial score (nSPS) is 13.5. The molecule has 0 aromatic carbocycles. The van der Waals surface area contributed by atoms with Crippen LogP contribution in [0.3, 0.4) is 0 Å². The molecule has 0 saturated heterocycles. The van der Waals surface area contributed by atoms with Crippen LogP contribution in [-0.2, 0) is 0 Å². The number of hydrogen-bond donors (Lipinski definition) is 4. The molecule has 1 rings (SSSR count). The van der Waals surface area contributed by atoms with Crippen LogP contribution in [0.15, 0.2) is 15.3 Å². The Kier molecular flexibility index (Phi) is 5.09. The molecule has 8 heteroatoms. The topological polar surface area (TPSA) is 143 Å². The van der Waals surface area contributed by atoms with E-state index in [2.05, 4.69) is 5.32 Å². The van der Waals surface area contributed by atoms with E-state index in [4.69, 9.17) is 15.3 Å². The molecule has 8 nitrogen and oxygen atoms in total. The third-order valence-electron chi connectivity index (χ3n) is 2.81. The molecule has 1 heterocycles. The number of aromatic carboxylic acids is 1. The van der Waals surface area contributed by atoms with Crippen molar-refractivity contribution in [2.45, 2.75) is 32.2 Å². The average molecular weight is 298 g/mol. The van der Waals surface area contributed by atoms with E-state index in [0.29, 0.717) is 12.5 Å². The van der Waals surface area contributed by atoms with Crippen LogP contribution in [0.4, 0.5) is 0 Å². The zero-order valence-corrected chi connectivity index (χ0v) is 11.8. The summed E-state index contributed by atoms with van der Waals surface area (Å²) in [5.41, 5.74) is 4.27. The molecule has 1 aromatic rings.